The van der Waals surface area contributed by atoms with Crippen molar-refractivity contribution < 1.29 is 3.63 Å². The van der Waals surface area contributed by atoms with Crippen LogP contribution >= 0.6 is 70.5 Å². The summed E-state index contributed by atoms with van der Waals surface area (Å²) in [7, 11) is 0. The second kappa shape index (κ2) is 10.3. The molecule has 0 N–H and O–H groups in total. The molecule has 0 fully saturated rings. The third-order valence-corrected chi connectivity index (χ3v) is 4.82. The van der Waals surface area contributed by atoms with Crippen molar-refractivity contribution in [3.8, 4) is 0 Å². The van der Waals surface area contributed by atoms with E-state index >= 15 is 0 Å². The van der Waals surface area contributed by atoms with E-state index in [0.717, 1.165) is 0 Å². The van der Waals surface area contributed by atoms with Crippen molar-refractivity contribution in [3.05, 3.63) is 0 Å². The fourth-order valence-electron chi connectivity index (χ4n) is 0.326. The SMILES string of the molecule is ClCC(Cl)CSOSCC(Cl)CCl. The summed E-state index contributed by atoms with van der Waals surface area (Å²) in [6.45, 7) is 0. The summed E-state index contributed by atoms with van der Waals surface area (Å²) in [5.41, 5.74) is 0. The minimum absolute atomic E-state index is 0.0490. The van der Waals surface area contributed by atoms with Gasteiger partial charge in [-0.05, 0) is 0 Å². The van der Waals surface area contributed by atoms with Gasteiger partial charge in [0.2, 0.25) is 0 Å². The van der Waals surface area contributed by atoms with Crippen LogP contribution in [0.2, 0.25) is 0 Å². The van der Waals surface area contributed by atoms with E-state index in [1.165, 1.54) is 24.1 Å². The Morgan fingerprint density at radius 2 is 1.31 bits per heavy atom. The largest absolute Gasteiger partial charge is 0.247 e. The maximum atomic E-state index is 5.74. The maximum Gasteiger partial charge on any atom is 0.0584 e. The number of hydrogen-bond donors (Lipinski definition) is 0. The van der Waals surface area contributed by atoms with Gasteiger partial charge >= 0.3 is 0 Å². The van der Waals surface area contributed by atoms with E-state index < -0.39 is 0 Å². The van der Waals surface area contributed by atoms with Crippen LogP contribution in [0.4, 0.5) is 0 Å². The molecule has 0 aromatic carbocycles. The summed E-state index contributed by atoms with van der Waals surface area (Å²) in [6.07, 6.45) is 0. The first kappa shape index (κ1) is 14.8. The zero-order chi connectivity index (χ0) is 10.1. The molecule has 13 heavy (non-hydrogen) atoms. The summed E-state index contributed by atoms with van der Waals surface area (Å²) >= 11 is 25.0. The molecule has 0 radical (unpaired) electrons. The van der Waals surface area contributed by atoms with Crippen molar-refractivity contribution in [1.82, 2.24) is 0 Å². The summed E-state index contributed by atoms with van der Waals surface area (Å²) in [5.74, 6) is 2.21. The van der Waals surface area contributed by atoms with E-state index in [4.69, 9.17) is 50.0 Å². The van der Waals surface area contributed by atoms with Gasteiger partial charge in [-0.15, -0.1) is 46.4 Å². The van der Waals surface area contributed by atoms with Crippen LogP contribution in [0.1, 0.15) is 0 Å². The van der Waals surface area contributed by atoms with Crippen LogP contribution in [0.15, 0.2) is 0 Å². The summed E-state index contributed by atoms with van der Waals surface area (Å²) < 4.78 is 5.13. The topological polar surface area (TPSA) is 9.23 Å². The molecule has 2 unspecified atom stereocenters. The van der Waals surface area contributed by atoms with Crippen LogP contribution in [0.5, 0.6) is 0 Å². The van der Waals surface area contributed by atoms with E-state index in [-0.39, 0.29) is 10.8 Å². The van der Waals surface area contributed by atoms with E-state index in [0.29, 0.717) is 23.3 Å². The number of rotatable bonds is 8. The van der Waals surface area contributed by atoms with E-state index in [2.05, 4.69) is 0 Å². The molecule has 1 nitrogen and oxygen atoms in total. The molecule has 0 aliphatic carbocycles. The van der Waals surface area contributed by atoms with E-state index in [9.17, 15) is 0 Å². The molecule has 0 spiro atoms. The van der Waals surface area contributed by atoms with Gasteiger partial charge in [-0.25, -0.2) is 3.63 Å². The monoisotopic (exact) mass is 302 g/mol. The van der Waals surface area contributed by atoms with Gasteiger partial charge in [0.05, 0.1) is 10.8 Å². The van der Waals surface area contributed by atoms with Crippen LogP contribution in [-0.4, -0.2) is 34.0 Å². The smallest absolute Gasteiger partial charge is 0.0584 e. The van der Waals surface area contributed by atoms with Crippen LogP contribution in [0, 0.1) is 0 Å². The summed E-state index contributed by atoms with van der Waals surface area (Å²) in [5, 5.41) is -0.0980. The lowest BCUT2D eigenvalue weighted by atomic mass is 10.6. The van der Waals surface area contributed by atoms with Crippen LogP contribution in [0.25, 0.3) is 0 Å². The Hall–Kier alpha value is 1.82. The van der Waals surface area contributed by atoms with E-state index in [1.54, 1.807) is 0 Å². The van der Waals surface area contributed by atoms with Gasteiger partial charge in [0.25, 0.3) is 0 Å². The van der Waals surface area contributed by atoms with Crippen LogP contribution < -0.4 is 0 Å². The number of alkyl halides is 4. The second-order valence-corrected chi connectivity index (χ2v) is 5.67. The van der Waals surface area contributed by atoms with Gasteiger partial charge in [-0.3, -0.25) is 0 Å². The minimum Gasteiger partial charge on any atom is -0.247 e. The molecule has 0 rings (SSSR count). The standard InChI is InChI=1S/C6H10Cl4OS2/c7-1-5(9)3-12-11-13-4-6(10)2-8/h5-6H,1-4H2. The average molecular weight is 304 g/mol. The van der Waals surface area contributed by atoms with Gasteiger partial charge in [-0.2, -0.15) is 0 Å². The second-order valence-electron chi connectivity index (χ2n) is 2.14. The molecule has 0 saturated heterocycles. The highest BCUT2D eigenvalue weighted by Gasteiger charge is 2.05. The van der Waals surface area contributed by atoms with Crippen molar-refractivity contribution in [1.29, 1.82) is 0 Å². The number of hydrogen-bond acceptors (Lipinski definition) is 3. The highest BCUT2D eigenvalue weighted by Crippen LogP contribution is 2.20. The molecule has 0 aromatic heterocycles. The fourth-order valence-corrected chi connectivity index (χ4v) is 2.36. The van der Waals surface area contributed by atoms with Crippen molar-refractivity contribution in [2.75, 3.05) is 23.3 Å². The zero-order valence-electron chi connectivity index (χ0n) is 6.72. The molecule has 0 amide bonds. The third kappa shape index (κ3) is 10.1. The lowest BCUT2D eigenvalue weighted by Gasteiger charge is -2.05. The van der Waals surface area contributed by atoms with Gasteiger partial charge in [0, 0.05) is 47.4 Å². The molecule has 2 atom stereocenters. The Bertz CT molecular complexity index is 107. The quantitative estimate of drug-likeness (QED) is 0.381. The highest BCUT2D eigenvalue weighted by atomic mass is 35.5. The van der Waals surface area contributed by atoms with E-state index in [1.807, 2.05) is 0 Å². The third-order valence-electron chi connectivity index (χ3n) is 0.929. The molecular formula is C6H10Cl4OS2. The Kier molecular flexibility index (Phi) is 11.8. The average Bonchev–Trinajstić information content (AvgIpc) is 2.16. The normalized spacial score (nSPS) is 15.7. The molecule has 7 heteroatoms. The van der Waals surface area contributed by atoms with Gasteiger partial charge in [-0.1, -0.05) is 0 Å². The molecular weight excluding hydrogens is 294 g/mol. The molecule has 0 bridgehead atoms. The molecule has 0 aromatic rings. The first-order valence-electron chi connectivity index (χ1n) is 3.51. The summed E-state index contributed by atoms with van der Waals surface area (Å²) in [4.78, 5) is 0. The maximum absolute atomic E-state index is 5.74. The first-order valence-corrected chi connectivity index (χ1v) is 7.28. The zero-order valence-corrected chi connectivity index (χ0v) is 11.4. The van der Waals surface area contributed by atoms with Crippen LogP contribution in [0.3, 0.4) is 0 Å². The van der Waals surface area contributed by atoms with Crippen molar-refractivity contribution in [3.63, 3.8) is 0 Å². The van der Waals surface area contributed by atoms with Crippen molar-refractivity contribution in [2.24, 2.45) is 0 Å². The molecule has 0 saturated carbocycles. The predicted molar refractivity (Wildman–Crippen MR) is 66.7 cm³/mol. The fraction of sp³-hybridized carbons (Fsp3) is 1.00. The molecule has 80 valence electrons. The number of halogens is 4. The minimum atomic E-state index is -0.0490. The first-order chi connectivity index (χ1) is 6.20. The van der Waals surface area contributed by atoms with Crippen molar-refractivity contribution >= 4 is 70.5 Å². The molecule has 0 heterocycles. The van der Waals surface area contributed by atoms with Gasteiger partial charge < -0.3 is 0 Å². The van der Waals surface area contributed by atoms with Crippen molar-refractivity contribution in [2.45, 2.75) is 10.8 Å². The Labute approximate surface area is 108 Å². The highest BCUT2D eigenvalue weighted by molar-refractivity contribution is 8.07. The Morgan fingerprint density at radius 3 is 1.62 bits per heavy atom. The molecule has 0 aliphatic heterocycles. The van der Waals surface area contributed by atoms with Gasteiger partial charge in [0.15, 0.2) is 0 Å². The lowest BCUT2D eigenvalue weighted by molar-refractivity contribution is 0.752. The Balaban J connectivity index is 3.08. The molecule has 0 aliphatic rings. The predicted octanol–water partition coefficient (Wildman–Crippen LogP) is 3.99. The van der Waals surface area contributed by atoms with Crippen LogP contribution in [-0.2, 0) is 3.63 Å². The lowest BCUT2D eigenvalue weighted by Crippen LogP contribution is -2.05. The van der Waals surface area contributed by atoms with Gasteiger partial charge in [0.1, 0.15) is 0 Å². The summed E-state index contributed by atoms with van der Waals surface area (Å²) in [6, 6.07) is 0. The Morgan fingerprint density at radius 1 is 0.923 bits per heavy atom.